The topological polar surface area (TPSA) is 47.0 Å². The van der Waals surface area contributed by atoms with Crippen LogP contribution in [0.15, 0.2) is 47.8 Å². The maximum absolute atomic E-state index is 5.05. The van der Waals surface area contributed by atoms with Crippen molar-refractivity contribution >= 4 is 17.6 Å². The van der Waals surface area contributed by atoms with Gasteiger partial charge in [-0.25, -0.2) is 4.98 Å². The molecule has 5 heteroatoms. The summed E-state index contributed by atoms with van der Waals surface area (Å²) in [4.78, 5) is 9.53. The summed E-state index contributed by atoms with van der Waals surface area (Å²) in [6, 6.07) is 8.77. The highest BCUT2D eigenvalue weighted by Gasteiger charge is 2.06. The highest BCUT2D eigenvalue weighted by Crippen LogP contribution is 2.22. The molecule has 0 aliphatic rings. The quantitative estimate of drug-likeness (QED) is 0.625. The second kappa shape index (κ2) is 7.87. The smallest absolute Gasteiger partial charge is 0.144 e. The summed E-state index contributed by atoms with van der Waals surface area (Å²) in [6.07, 6.45) is 5.08. The molecule has 0 radical (unpaired) electrons. The summed E-state index contributed by atoms with van der Waals surface area (Å²) in [6.45, 7) is 2.89. The molecule has 4 nitrogen and oxygen atoms in total. The van der Waals surface area contributed by atoms with Gasteiger partial charge in [-0.3, -0.25) is 4.98 Å². The number of rotatable bonds is 7. The van der Waals surface area contributed by atoms with Crippen molar-refractivity contribution in [1.82, 2.24) is 9.97 Å². The van der Waals surface area contributed by atoms with Gasteiger partial charge in [0.15, 0.2) is 0 Å². The molecule has 0 aliphatic carbocycles. The number of aromatic nitrogens is 2. The predicted octanol–water partition coefficient (Wildman–Crippen LogP) is 3.39. The van der Waals surface area contributed by atoms with Crippen LogP contribution in [0.25, 0.3) is 0 Å². The Morgan fingerprint density at radius 3 is 2.70 bits per heavy atom. The van der Waals surface area contributed by atoms with Gasteiger partial charge in [0, 0.05) is 36.2 Å². The molecule has 1 aromatic heterocycles. The monoisotopic (exact) mass is 289 g/mol. The average Bonchev–Trinajstić information content (AvgIpc) is 2.49. The van der Waals surface area contributed by atoms with Gasteiger partial charge in [-0.2, -0.15) is 0 Å². The van der Waals surface area contributed by atoms with E-state index in [2.05, 4.69) is 46.5 Å². The zero-order chi connectivity index (χ0) is 14.2. The van der Waals surface area contributed by atoms with Crippen LogP contribution in [0, 0.1) is 0 Å². The minimum absolute atomic E-state index is 0.199. The molecule has 1 unspecified atom stereocenters. The van der Waals surface area contributed by atoms with Gasteiger partial charge in [-0.05, 0) is 24.6 Å². The van der Waals surface area contributed by atoms with Crippen LogP contribution < -0.4 is 5.32 Å². The highest BCUT2D eigenvalue weighted by molar-refractivity contribution is 7.99. The maximum atomic E-state index is 5.05. The maximum Gasteiger partial charge on any atom is 0.144 e. The number of nitrogens with one attached hydrogen (secondary N) is 1. The first-order valence-corrected chi connectivity index (χ1v) is 7.52. The lowest BCUT2D eigenvalue weighted by molar-refractivity contribution is 0.218. The molecule has 0 saturated heterocycles. The number of methoxy groups -OCH3 is 1. The van der Waals surface area contributed by atoms with Gasteiger partial charge < -0.3 is 10.1 Å². The van der Waals surface area contributed by atoms with E-state index in [-0.39, 0.29) is 6.04 Å². The van der Waals surface area contributed by atoms with Crippen molar-refractivity contribution in [2.24, 2.45) is 0 Å². The van der Waals surface area contributed by atoms with Crippen LogP contribution in [0.4, 0.5) is 5.82 Å². The fourth-order valence-corrected chi connectivity index (χ4v) is 2.59. The molecule has 0 aliphatic heterocycles. The Balaban J connectivity index is 1.92. The summed E-state index contributed by atoms with van der Waals surface area (Å²) < 4.78 is 5.05. The van der Waals surface area contributed by atoms with Gasteiger partial charge in [0.2, 0.25) is 0 Å². The molecule has 1 atom stereocenters. The number of benzene rings is 1. The molecule has 0 amide bonds. The molecule has 1 N–H and O–H groups in total. The molecule has 0 saturated carbocycles. The molecule has 2 rings (SSSR count). The molecule has 1 aromatic carbocycles. The minimum atomic E-state index is 0.199. The van der Waals surface area contributed by atoms with Crippen LogP contribution in [0.2, 0.25) is 0 Å². The van der Waals surface area contributed by atoms with E-state index in [0.29, 0.717) is 0 Å². The van der Waals surface area contributed by atoms with Gasteiger partial charge in [0.1, 0.15) is 5.82 Å². The summed E-state index contributed by atoms with van der Waals surface area (Å²) in [7, 11) is 1.73. The lowest BCUT2D eigenvalue weighted by Gasteiger charge is -2.15. The third kappa shape index (κ3) is 4.51. The first-order valence-electron chi connectivity index (χ1n) is 6.54. The molecule has 2 aromatic rings. The van der Waals surface area contributed by atoms with E-state index in [9.17, 15) is 0 Å². The lowest BCUT2D eigenvalue weighted by Crippen LogP contribution is -2.07. The van der Waals surface area contributed by atoms with E-state index < -0.39 is 0 Å². The largest absolute Gasteiger partial charge is 0.384 e. The molecule has 0 spiro atoms. The number of hydrogen-bond acceptors (Lipinski definition) is 5. The Kier molecular flexibility index (Phi) is 5.83. The second-order valence-electron chi connectivity index (χ2n) is 4.37. The summed E-state index contributed by atoms with van der Waals surface area (Å²) in [5, 5.41) is 3.33. The van der Waals surface area contributed by atoms with Gasteiger partial charge in [0.25, 0.3) is 0 Å². The van der Waals surface area contributed by atoms with E-state index in [1.807, 2.05) is 0 Å². The van der Waals surface area contributed by atoms with Crippen molar-refractivity contribution in [2.45, 2.75) is 17.9 Å². The van der Waals surface area contributed by atoms with Crippen molar-refractivity contribution < 1.29 is 4.74 Å². The summed E-state index contributed by atoms with van der Waals surface area (Å²) in [5.74, 6) is 1.77. The standard InChI is InChI=1S/C15H19N3OS/c1-12(18-15-11-16-7-8-17-15)13-3-5-14(6-4-13)20-10-9-19-2/h3-8,11-12H,9-10H2,1-2H3,(H,17,18). The Morgan fingerprint density at radius 2 is 2.05 bits per heavy atom. The van der Waals surface area contributed by atoms with E-state index >= 15 is 0 Å². The first-order chi connectivity index (χ1) is 9.79. The van der Waals surface area contributed by atoms with E-state index in [4.69, 9.17) is 4.74 Å². The predicted molar refractivity (Wildman–Crippen MR) is 83.1 cm³/mol. The van der Waals surface area contributed by atoms with Crippen LogP contribution in [0.1, 0.15) is 18.5 Å². The SMILES string of the molecule is COCCSc1ccc(C(C)Nc2cnccn2)cc1. The van der Waals surface area contributed by atoms with Crippen molar-refractivity contribution in [3.05, 3.63) is 48.4 Å². The number of anilines is 1. The third-order valence-corrected chi connectivity index (χ3v) is 3.84. The first kappa shape index (κ1) is 14.8. The Hall–Kier alpha value is -1.59. The van der Waals surface area contributed by atoms with E-state index in [0.717, 1.165) is 18.2 Å². The highest BCUT2D eigenvalue weighted by atomic mass is 32.2. The van der Waals surface area contributed by atoms with Gasteiger partial charge in [-0.15, -0.1) is 11.8 Å². The van der Waals surface area contributed by atoms with Crippen LogP contribution >= 0.6 is 11.8 Å². The van der Waals surface area contributed by atoms with Crippen LogP contribution in [0.5, 0.6) is 0 Å². The second-order valence-corrected chi connectivity index (χ2v) is 5.54. The number of ether oxygens (including phenoxy) is 1. The number of nitrogens with zero attached hydrogens (tertiary/aromatic N) is 2. The molecular formula is C15H19N3OS. The van der Waals surface area contributed by atoms with Crippen molar-refractivity contribution in [3.63, 3.8) is 0 Å². The third-order valence-electron chi connectivity index (χ3n) is 2.86. The minimum Gasteiger partial charge on any atom is -0.384 e. The van der Waals surface area contributed by atoms with Crippen molar-refractivity contribution in [1.29, 1.82) is 0 Å². The van der Waals surface area contributed by atoms with E-state index in [1.165, 1.54) is 10.5 Å². The molecule has 106 valence electrons. The zero-order valence-corrected chi connectivity index (χ0v) is 12.6. The zero-order valence-electron chi connectivity index (χ0n) is 11.7. The van der Waals surface area contributed by atoms with Gasteiger partial charge in [-0.1, -0.05) is 12.1 Å². The molecule has 0 bridgehead atoms. The number of hydrogen-bond donors (Lipinski definition) is 1. The Morgan fingerprint density at radius 1 is 1.25 bits per heavy atom. The fraction of sp³-hybridized carbons (Fsp3) is 0.333. The fourth-order valence-electron chi connectivity index (χ4n) is 1.77. The molecule has 20 heavy (non-hydrogen) atoms. The lowest BCUT2D eigenvalue weighted by atomic mass is 10.1. The van der Waals surface area contributed by atoms with Crippen molar-refractivity contribution in [2.75, 3.05) is 24.8 Å². The van der Waals surface area contributed by atoms with Crippen LogP contribution in [-0.4, -0.2) is 29.4 Å². The summed E-state index contributed by atoms with van der Waals surface area (Å²) in [5.41, 5.74) is 1.23. The van der Waals surface area contributed by atoms with Crippen LogP contribution in [-0.2, 0) is 4.74 Å². The van der Waals surface area contributed by atoms with Crippen LogP contribution in [0.3, 0.4) is 0 Å². The van der Waals surface area contributed by atoms with E-state index in [1.54, 1.807) is 37.5 Å². The molecule has 0 fully saturated rings. The average molecular weight is 289 g/mol. The Labute approximate surface area is 124 Å². The molecule has 1 heterocycles. The van der Waals surface area contributed by atoms with Gasteiger partial charge in [0.05, 0.1) is 12.8 Å². The number of thioether (sulfide) groups is 1. The summed E-state index contributed by atoms with van der Waals surface area (Å²) >= 11 is 1.80. The van der Waals surface area contributed by atoms with Crippen molar-refractivity contribution in [3.8, 4) is 0 Å². The normalized spacial score (nSPS) is 12.1. The Bertz CT molecular complexity index is 504. The van der Waals surface area contributed by atoms with Gasteiger partial charge >= 0.3 is 0 Å². The molecular weight excluding hydrogens is 270 g/mol.